The van der Waals surface area contributed by atoms with E-state index in [2.05, 4.69) is 24.2 Å². The van der Waals surface area contributed by atoms with Crippen molar-refractivity contribution in [1.29, 1.82) is 0 Å². The fourth-order valence-electron chi connectivity index (χ4n) is 2.18. The summed E-state index contributed by atoms with van der Waals surface area (Å²) in [7, 11) is 0. The van der Waals surface area contributed by atoms with Crippen LogP contribution < -0.4 is 11.1 Å². The average molecular weight is 372 g/mol. The SMILES string of the molecule is NC(=O)C(=O)C(Cc1cnoc1)NC(=O)c1nsnc1-c1ccccn1. The number of ketones is 1. The monoisotopic (exact) mass is 372 g/mol. The molecule has 0 radical (unpaired) electrons. The molecule has 3 heterocycles. The topological polar surface area (TPSA) is 154 Å². The van der Waals surface area contributed by atoms with Gasteiger partial charge < -0.3 is 15.6 Å². The molecule has 0 aliphatic carbocycles. The number of aromatic nitrogens is 4. The minimum atomic E-state index is -1.18. The molecular formula is C15H12N6O4S. The second-order valence-electron chi connectivity index (χ2n) is 5.17. The summed E-state index contributed by atoms with van der Waals surface area (Å²) in [6.07, 6.45) is 4.23. The van der Waals surface area contributed by atoms with Gasteiger partial charge in [-0.2, -0.15) is 8.75 Å². The van der Waals surface area contributed by atoms with Crippen LogP contribution in [0.3, 0.4) is 0 Å². The first-order chi connectivity index (χ1) is 12.6. The number of carbonyl (C=O) groups is 3. The molecule has 11 heteroatoms. The van der Waals surface area contributed by atoms with E-state index in [0.29, 0.717) is 11.3 Å². The van der Waals surface area contributed by atoms with Crippen molar-refractivity contribution in [1.82, 2.24) is 24.2 Å². The summed E-state index contributed by atoms with van der Waals surface area (Å²) >= 11 is 0.834. The molecule has 0 saturated heterocycles. The number of nitrogens with zero attached hydrogens (tertiary/aromatic N) is 4. The van der Waals surface area contributed by atoms with Crippen LogP contribution in [0.5, 0.6) is 0 Å². The van der Waals surface area contributed by atoms with E-state index in [-0.39, 0.29) is 17.8 Å². The lowest BCUT2D eigenvalue weighted by atomic mass is 10.0. The molecule has 1 atom stereocenters. The van der Waals surface area contributed by atoms with Crippen molar-refractivity contribution in [3.05, 3.63) is 48.1 Å². The Morgan fingerprint density at radius 3 is 2.77 bits per heavy atom. The normalized spacial score (nSPS) is 11.7. The van der Waals surface area contributed by atoms with E-state index in [1.54, 1.807) is 24.4 Å². The summed E-state index contributed by atoms with van der Waals surface area (Å²) in [6, 6.07) is 3.97. The molecule has 132 valence electrons. The van der Waals surface area contributed by atoms with E-state index in [1.165, 1.54) is 12.5 Å². The van der Waals surface area contributed by atoms with Crippen LogP contribution >= 0.6 is 11.7 Å². The zero-order chi connectivity index (χ0) is 18.5. The van der Waals surface area contributed by atoms with Gasteiger partial charge in [0, 0.05) is 18.2 Å². The van der Waals surface area contributed by atoms with Crippen LogP contribution in [0.2, 0.25) is 0 Å². The minimum Gasteiger partial charge on any atom is -0.364 e. The van der Waals surface area contributed by atoms with E-state index >= 15 is 0 Å². The van der Waals surface area contributed by atoms with Gasteiger partial charge in [-0.15, -0.1) is 0 Å². The van der Waals surface area contributed by atoms with Gasteiger partial charge in [-0.1, -0.05) is 11.2 Å². The molecule has 0 saturated carbocycles. The second kappa shape index (κ2) is 7.61. The van der Waals surface area contributed by atoms with Gasteiger partial charge >= 0.3 is 0 Å². The molecule has 10 nitrogen and oxygen atoms in total. The lowest BCUT2D eigenvalue weighted by molar-refractivity contribution is -0.137. The first-order valence-electron chi connectivity index (χ1n) is 7.33. The van der Waals surface area contributed by atoms with Crippen molar-refractivity contribution < 1.29 is 18.9 Å². The highest BCUT2D eigenvalue weighted by Gasteiger charge is 2.28. The maximum atomic E-state index is 12.6. The average Bonchev–Trinajstić information content (AvgIpc) is 3.32. The maximum absolute atomic E-state index is 12.6. The number of pyridine rings is 1. The molecule has 0 aliphatic heterocycles. The Morgan fingerprint density at radius 2 is 2.12 bits per heavy atom. The number of hydrogen-bond donors (Lipinski definition) is 2. The molecule has 2 amide bonds. The summed E-state index contributed by atoms with van der Waals surface area (Å²) in [5.41, 5.74) is 6.33. The number of hydrogen-bond acceptors (Lipinski definition) is 9. The Labute approximate surface area is 150 Å². The standard InChI is InChI=1S/C15H12N6O4S/c16-14(23)13(22)10(5-8-6-18-25-7-8)19-15(24)12-11(20-26-21-12)9-3-1-2-4-17-9/h1-4,6-7,10H,5H2,(H2,16,23)(H,19,24). The van der Waals surface area contributed by atoms with Gasteiger partial charge in [0.25, 0.3) is 11.8 Å². The highest BCUT2D eigenvalue weighted by Crippen LogP contribution is 2.19. The number of amides is 2. The highest BCUT2D eigenvalue weighted by molar-refractivity contribution is 6.99. The third kappa shape index (κ3) is 3.78. The Hall–Kier alpha value is -3.47. The van der Waals surface area contributed by atoms with Crippen LogP contribution in [0.1, 0.15) is 16.1 Å². The molecule has 0 aliphatic rings. The first-order valence-corrected chi connectivity index (χ1v) is 8.06. The predicted octanol–water partition coefficient (Wildman–Crippen LogP) is -0.0164. The first kappa shape index (κ1) is 17.4. The van der Waals surface area contributed by atoms with Crippen LogP contribution in [0.4, 0.5) is 0 Å². The van der Waals surface area contributed by atoms with Crippen molar-refractivity contribution in [2.75, 3.05) is 0 Å². The van der Waals surface area contributed by atoms with Gasteiger partial charge in [0.1, 0.15) is 18.0 Å². The summed E-state index contributed by atoms with van der Waals surface area (Å²) in [5, 5.41) is 5.98. The number of rotatable bonds is 7. The van der Waals surface area contributed by atoms with Crippen molar-refractivity contribution in [2.45, 2.75) is 12.5 Å². The third-order valence-electron chi connectivity index (χ3n) is 3.40. The van der Waals surface area contributed by atoms with Crippen molar-refractivity contribution >= 4 is 29.3 Å². The molecule has 3 aromatic rings. The van der Waals surface area contributed by atoms with Gasteiger partial charge in [0.05, 0.1) is 23.6 Å². The molecule has 0 bridgehead atoms. The Kier molecular flexibility index (Phi) is 5.08. The molecule has 0 spiro atoms. The number of nitrogens with one attached hydrogen (secondary N) is 1. The lowest BCUT2D eigenvalue weighted by Gasteiger charge is -2.14. The summed E-state index contributed by atoms with van der Waals surface area (Å²) in [5.74, 6) is -2.77. The van der Waals surface area contributed by atoms with Gasteiger partial charge in [0.2, 0.25) is 5.78 Å². The van der Waals surface area contributed by atoms with E-state index in [1.807, 2.05) is 0 Å². The summed E-state index contributed by atoms with van der Waals surface area (Å²) in [4.78, 5) is 40.0. The number of primary amides is 1. The van der Waals surface area contributed by atoms with E-state index in [0.717, 1.165) is 11.7 Å². The third-order valence-corrected chi connectivity index (χ3v) is 3.93. The molecular weight excluding hydrogens is 360 g/mol. The Balaban J connectivity index is 1.83. The number of nitrogens with two attached hydrogens (primary N) is 1. The van der Waals surface area contributed by atoms with Gasteiger partial charge in [-0.05, 0) is 12.1 Å². The number of Topliss-reactive ketones (excluding diaryl/α,β-unsaturated/α-hetero) is 1. The molecule has 1 unspecified atom stereocenters. The fraction of sp³-hybridized carbons (Fsp3) is 0.133. The molecule has 3 rings (SSSR count). The van der Waals surface area contributed by atoms with E-state index in [9.17, 15) is 14.4 Å². The second-order valence-corrected chi connectivity index (χ2v) is 5.70. The zero-order valence-corrected chi connectivity index (χ0v) is 14.0. The van der Waals surface area contributed by atoms with Crippen LogP contribution in [-0.4, -0.2) is 42.5 Å². The maximum Gasteiger partial charge on any atom is 0.287 e. The highest BCUT2D eigenvalue weighted by atomic mass is 32.1. The number of carbonyl (C=O) groups excluding carboxylic acids is 3. The molecule has 3 aromatic heterocycles. The van der Waals surface area contributed by atoms with Crippen LogP contribution in [0.25, 0.3) is 11.4 Å². The van der Waals surface area contributed by atoms with Crippen LogP contribution in [-0.2, 0) is 16.0 Å². The Bertz CT molecular complexity index is 925. The van der Waals surface area contributed by atoms with E-state index < -0.39 is 23.6 Å². The van der Waals surface area contributed by atoms with Crippen molar-refractivity contribution in [3.63, 3.8) is 0 Å². The van der Waals surface area contributed by atoms with Crippen LogP contribution in [0.15, 0.2) is 41.4 Å². The fourth-order valence-corrected chi connectivity index (χ4v) is 2.73. The zero-order valence-electron chi connectivity index (χ0n) is 13.2. The van der Waals surface area contributed by atoms with Crippen LogP contribution in [0, 0.1) is 0 Å². The smallest absolute Gasteiger partial charge is 0.287 e. The minimum absolute atomic E-state index is 0.00119. The van der Waals surface area contributed by atoms with Crippen molar-refractivity contribution in [3.8, 4) is 11.4 Å². The van der Waals surface area contributed by atoms with Crippen molar-refractivity contribution in [2.24, 2.45) is 5.73 Å². The lowest BCUT2D eigenvalue weighted by Crippen LogP contribution is -2.47. The van der Waals surface area contributed by atoms with Gasteiger partial charge in [0.15, 0.2) is 5.69 Å². The van der Waals surface area contributed by atoms with Gasteiger partial charge in [-0.25, -0.2) is 0 Å². The Morgan fingerprint density at radius 1 is 1.27 bits per heavy atom. The van der Waals surface area contributed by atoms with E-state index in [4.69, 9.17) is 10.3 Å². The molecule has 0 fully saturated rings. The predicted molar refractivity (Wildman–Crippen MR) is 88.8 cm³/mol. The summed E-state index contributed by atoms with van der Waals surface area (Å²) < 4.78 is 12.7. The molecule has 3 N–H and O–H groups in total. The quantitative estimate of drug-likeness (QED) is 0.549. The van der Waals surface area contributed by atoms with Gasteiger partial charge in [-0.3, -0.25) is 19.4 Å². The molecule has 0 aromatic carbocycles. The molecule has 26 heavy (non-hydrogen) atoms. The largest absolute Gasteiger partial charge is 0.364 e. The summed E-state index contributed by atoms with van der Waals surface area (Å²) in [6.45, 7) is 0.